The van der Waals surface area contributed by atoms with Crippen molar-refractivity contribution in [2.45, 2.75) is 44.9 Å². The lowest BCUT2D eigenvalue weighted by molar-refractivity contribution is -0.129. The van der Waals surface area contributed by atoms with Gasteiger partial charge in [0.05, 0.1) is 11.8 Å². The lowest BCUT2D eigenvalue weighted by Crippen LogP contribution is -2.47. The van der Waals surface area contributed by atoms with Gasteiger partial charge < -0.3 is 0 Å². The Hall–Kier alpha value is -1.99. The highest BCUT2D eigenvalue weighted by molar-refractivity contribution is 5.83. The maximum atomic E-state index is 13.6. The number of carbonyl (C=O) groups is 1. The van der Waals surface area contributed by atoms with E-state index in [0.717, 1.165) is 19.3 Å². The Morgan fingerprint density at radius 2 is 1.33 bits per heavy atom. The number of benzene rings is 1. The third-order valence-corrected chi connectivity index (χ3v) is 6.33. The van der Waals surface area contributed by atoms with Crippen LogP contribution in [0.2, 0.25) is 0 Å². The predicted molar refractivity (Wildman–Crippen MR) is 87.2 cm³/mol. The summed E-state index contributed by atoms with van der Waals surface area (Å²) in [6.45, 7) is 0. The molecule has 4 bridgehead atoms. The van der Waals surface area contributed by atoms with Gasteiger partial charge >= 0.3 is 0 Å². The number of amides is 1. The summed E-state index contributed by atoms with van der Waals surface area (Å²) in [6, 6.07) is 0. The summed E-state index contributed by atoms with van der Waals surface area (Å²) in [5.74, 6) is -8.69. The molecule has 27 heavy (non-hydrogen) atoms. The molecule has 146 valence electrons. The van der Waals surface area contributed by atoms with E-state index in [1.165, 1.54) is 19.3 Å². The van der Waals surface area contributed by atoms with Crippen LogP contribution in [-0.4, -0.2) is 12.1 Å². The molecule has 0 unspecified atom stereocenters. The van der Waals surface area contributed by atoms with Crippen LogP contribution in [0.25, 0.3) is 0 Å². The van der Waals surface area contributed by atoms with E-state index in [9.17, 15) is 26.7 Å². The van der Waals surface area contributed by atoms with Crippen LogP contribution in [0.5, 0.6) is 0 Å². The fourth-order valence-electron chi connectivity index (χ4n) is 5.79. The Morgan fingerprint density at radius 3 is 1.81 bits per heavy atom. The monoisotopic (exact) mass is 386 g/mol. The zero-order chi connectivity index (χ0) is 19.3. The number of hydrogen-bond donors (Lipinski definition) is 1. The second-order valence-electron chi connectivity index (χ2n) is 8.37. The van der Waals surface area contributed by atoms with Gasteiger partial charge in [0.2, 0.25) is 11.7 Å². The molecule has 4 saturated carbocycles. The SMILES string of the molecule is O=C(CC12CC3CC(CC(C3)C1)C2)N/N=C\c1c(F)c(F)c(F)c(F)c1F. The highest BCUT2D eigenvalue weighted by Crippen LogP contribution is 2.61. The Balaban J connectivity index is 1.43. The Kier molecular flexibility index (Phi) is 4.47. The lowest BCUT2D eigenvalue weighted by Gasteiger charge is -2.56. The minimum atomic E-state index is -2.23. The van der Waals surface area contributed by atoms with Crippen molar-refractivity contribution in [3.8, 4) is 0 Å². The molecule has 8 heteroatoms. The standard InChI is InChI=1S/C19H19F5N2O/c20-14-12(15(21)17(23)18(24)16(14)22)8-25-26-13(27)7-19-4-9-1-10(5-19)3-11(2-9)6-19/h8-11H,1-7H2,(H,26,27)/b25-8-. The summed E-state index contributed by atoms with van der Waals surface area (Å²) in [6.07, 6.45) is 7.45. The first-order valence-corrected chi connectivity index (χ1v) is 9.11. The molecular weight excluding hydrogens is 367 g/mol. The van der Waals surface area contributed by atoms with Gasteiger partial charge in [0.25, 0.3) is 0 Å². The molecule has 5 rings (SSSR count). The van der Waals surface area contributed by atoms with Crippen LogP contribution in [0.15, 0.2) is 5.10 Å². The van der Waals surface area contributed by atoms with Crippen molar-refractivity contribution in [1.82, 2.24) is 5.43 Å². The van der Waals surface area contributed by atoms with Gasteiger partial charge in [-0.3, -0.25) is 4.79 Å². The van der Waals surface area contributed by atoms with E-state index in [1.807, 2.05) is 0 Å². The Labute approximate surface area is 153 Å². The van der Waals surface area contributed by atoms with Crippen LogP contribution in [0.1, 0.15) is 50.5 Å². The van der Waals surface area contributed by atoms with E-state index >= 15 is 0 Å². The van der Waals surface area contributed by atoms with Crippen molar-refractivity contribution >= 4 is 12.1 Å². The summed E-state index contributed by atoms with van der Waals surface area (Å²) in [5, 5.41) is 3.41. The fourth-order valence-corrected chi connectivity index (χ4v) is 5.79. The van der Waals surface area contributed by atoms with E-state index in [-0.39, 0.29) is 11.8 Å². The summed E-state index contributed by atoms with van der Waals surface area (Å²) >= 11 is 0. The van der Waals surface area contributed by atoms with Crippen LogP contribution in [0.3, 0.4) is 0 Å². The van der Waals surface area contributed by atoms with E-state index < -0.39 is 40.6 Å². The third kappa shape index (κ3) is 3.23. The highest BCUT2D eigenvalue weighted by atomic mass is 19.2. The van der Waals surface area contributed by atoms with Crippen LogP contribution >= 0.6 is 0 Å². The molecule has 0 aliphatic heterocycles. The molecule has 4 aliphatic rings. The molecule has 4 fully saturated rings. The molecule has 1 aromatic carbocycles. The first-order chi connectivity index (χ1) is 12.8. The van der Waals surface area contributed by atoms with Gasteiger partial charge in [0.1, 0.15) is 0 Å². The Morgan fingerprint density at radius 1 is 0.889 bits per heavy atom. The number of carbonyl (C=O) groups excluding carboxylic acids is 1. The summed E-state index contributed by atoms with van der Waals surface area (Å²) in [7, 11) is 0. The molecule has 0 aromatic heterocycles. The predicted octanol–water partition coefficient (Wildman–Crippen LogP) is 4.44. The smallest absolute Gasteiger partial charge is 0.240 e. The highest BCUT2D eigenvalue weighted by Gasteiger charge is 2.51. The van der Waals surface area contributed by atoms with Crippen molar-refractivity contribution in [1.29, 1.82) is 0 Å². The number of halogens is 5. The summed E-state index contributed by atoms with van der Waals surface area (Å²) in [5.41, 5.74) is 0.951. The molecule has 0 saturated heterocycles. The molecule has 1 amide bonds. The van der Waals surface area contributed by atoms with E-state index in [2.05, 4.69) is 10.5 Å². The first kappa shape index (κ1) is 18.4. The minimum Gasteiger partial charge on any atom is -0.273 e. The van der Waals surface area contributed by atoms with Gasteiger partial charge in [-0.15, -0.1) is 0 Å². The quantitative estimate of drug-likeness (QED) is 0.269. The zero-order valence-electron chi connectivity index (χ0n) is 14.5. The van der Waals surface area contributed by atoms with Gasteiger partial charge in [0.15, 0.2) is 23.3 Å². The molecule has 0 radical (unpaired) electrons. The van der Waals surface area contributed by atoms with Gasteiger partial charge in [-0.2, -0.15) is 5.10 Å². The van der Waals surface area contributed by atoms with Crippen molar-refractivity contribution in [2.75, 3.05) is 0 Å². The maximum absolute atomic E-state index is 13.6. The first-order valence-electron chi connectivity index (χ1n) is 9.11. The van der Waals surface area contributed by atoms with Crippen LogP contribution in [0, 0.1) is 52.3 Å². The number of nitrogens with one attached hydrogen (secondary N) is 1. The second-order valence-corrected chi connectivity index (χ2v) is 8.37. The molecular formula is C19H19F5N2O. The minimum absolute atomic E-state index is 0.0427. The molecule has 3 nitrogen and oxygen atoms in total. The number of hydrogen-bond acceptors (Lipinski definition) is 2. The average Bonchev–Trinajstić information content (AvgIpc) is 2.59. The van der Waals surface area contributed by atoms with Crippen molar-refractivity contribution in [3.63, 3.8) is 0 Å². The second kappa shape index (κ2) is 6.56. The summed E-state index contributed by atoms with van der Waals surface area (Å²) in [4.78, 5) is 12.3. The van der Waals surface area contributed by atoms with Crippen LogP contribution in [-0.2, 0) is 4.79 Å². The molecule has 4 aliphatic carbocycles. The van der Waals surface area contributed by atoms with Crippen molar-refractivity contribution in [3.05, 3.63) is 34.6 Å². The van der Waals surface area contributed by atoms with Gasteiger partial charge in [-0.25, -0.2) is 27.4 Å². The molecule has 1 aromatic rings. The van der Waals surface area contributed by atoms with Crippen molar-refractivity contribution in [2.24, 2.45) is 28.3 Å². The Bertz CT molecular complexity index is 759. The largest absolute Gasteiger partial charge is 0.273 e. The van der Waals surface area contributed by atoms with Crippen LogP contribution < -0.4 is 5.43 Å². The van der Waals surface area contributed by atoms with E-state index in [1.54, 1.807) is 0 Å². The van der Waals surface area contributed by atoms with Gasteiger partial charge in [-0.05, 0) is 61.7 Å². The summed E-state index contributed by atoms with van der Waals surface area (Å²) < 4.78 is 66.5. The molecule has 0 heterocycles. The van der Waals surface area contributed by atoms with Gasteiger partial charge in [0, 0.05) is 6.42 Å². The van der Waals surface area contributed by atoms with Crippen LogP contribution in [0.4, 0.5) is 22.0 Å². The van der Waals surface area contributed by atoms with Gasteiger partial charge in [-0.1, -0.05) is 0 Å². The molecule has 1 N–H and O–H groups in total. The lowest BCUT2D eigenvalue weighted by atomic mass is 9.49. The maximum Gasteiger partial charge on any atom is 0.240 e. The number of rotatable bonds is 4. The van der Waals surface area contributed by atoms with Crippen molar-refractivity contribution < 1.29 is 26.7 Å². The zero-order valence-corrected chi connectivity index (χ0v) is 14.5. The molecule has 0 atom stereocenters. The molecule has 0 spiro atoms. The average molecular weight is 386 g/mol. The normalized spacial score (nSPS) is 31.7. The number of nitrogens with zero attached hydrogens (tertiary/aromatic N) is 1. The topological polar surface area (TPSA) is 41.5 Å². The number of hydrazone groups is 1. The fraction of sp³-hybridized carbons (Fsp3) is 0.579. The third-order valence-electron chi connectivity index (χ3n) is 6.33. The van der Waals surface area contributed by atoms with E-state index in [0.29, 0.717) is 24.0 Å². The van der Waals surface area contributed by atoms with E-state index in [4.69, 9.17) is 0 Å².